The molecule has 0 N–H and O–H groups in total. The highest BCUT2D eigenvalue weighted by molar-refractivity contribution is 6.35. The molecule has 0 saturated heterocycles. The van der Waals surface area contributed by atoms with Gasteiger partial charge in [0.05, 0.1) is 6.33 Å². The second-order valence-electron chi connectivity index (χ2n) is 3.83. The molecule has 1 aromatic carbocycles. The predicted octanol–water partition coefficient (Wildman–Crippen LogP) is 2.40. The van der Waals surface area contributed by atoms with Crippen molar-refractivity contribution in [1.82, 2.24) is 9.46 Å². The van der Waals surface area contributed by atoms with Gasteiger partial charge in [0, 0.05) is 12.4 Å². The topological polar surface area (TPSA) is 17.8 Å². The van der Waals surface area contributed by atoms with Crippen LogP contribution in [0.15, 0.2) is 49.1 Å². The maximum absolute atomic E-state index is 4.01. The summed E-state index contributed by atoms with van der Waals surface area (Å²) in [5, 5.41) is 0. The van der Waals surface area contributed by atoms with Gasteiger partial charge in [-0.1, -0.05) is 37.3 Å². The van der Waals surface area contributed by atoms with Gasteiger partial charge >= 0.3 is 0 Å². The van der Waals surface area contributed by atoms with Gasteiger partial charge in [-0.05, 0) is 17.8 Å². The zero-order valence-electron chi connectivity index (χ0n) is 8.88. The molecule has 2 rings (SSSR count). The van der Waals surface area contributed by atoms with Crippen LogP contribution in [-0.2, 0) is 6.42 Å². The summed E-state index contributed by atoms with van der Waals surface area (Å²) >= 11 is 0. The van der Waals surface area contributed by atoms with Crippen LogP contribution in [0.2, 0.25) is 5.82 Å². The second-order valence-corrected chi connectivity index (χ2v) is 3.83. The molecule has 0 spiro atoms. The maximum Gasteiger partial charge on any atom is 0.256 e. The number of imidazole rings is 1. The van der Waals surface area contributed by atoms with E-state index in [2.05, 4.69) is 43.6 Å². The summed E-state index contributed by atoms with van der Waals surface area (Å²) in [6, 6.07) is 10.5. The molecule has 1 radical (unpaired) electrons. The molecular weight excluding hydrogens is 183 g/mol. The zero-order valence-corrected chi connectivity index (χ0v) is 8.88. The fourth-order valence-corrected chi connectivity index (χ4v) is 1.69. The van der Waals surface area contributed by atoms with E-state index in [9.17, 15) is 0 Å². The largest absolute Gasteiger partial charge is 0.386 e. The molecule has 75 valence electrons. The molecule has 1 atom stereocenters. The van der Waals surface area contributed by atoms with Crippen LogP contribution >= 0.6 is 0 Å². The fraction of sp³-hybridized carbons (Fsp3) is 0.250. The highest BCUT2D eigenvalue weighted by Crippen LogP contribution is 2.12. The van der Waals surface area contributed by atoms with Crippen molar-refractivity contribution in [2.75, 3.05) is 0 Å². The smallest absolute Gasteiger partial charge is 0.256 e. The van der Waals surface area contributed by atoms with E-state index >= 15 is 0 Å². The summed E-state index contributed by atoms with van der Waals surface area (Å²) in [6.45, 7) is 2.22. The monoisotopic (exact) mass is 197 g/mol. The number of rotatable bonds is 4. The van der Waals surface area contributed by atoms with Gasteiger partial charge in [-0.25, -0.2) is 4.98 Å². The first-order valence-electron chi connectivity index (χ1n) is 5.21. The summed E-state index contributed by atoms with van der Waals surface area (Å²) in [7, 11) is 2.18. The van der Waals surface area contributed by atoms with Crippen LogP contribution in [0.3, 0.4) is 0 Å². The van der Waals surface area contributed by atoms with Crippen molar-refractivity contribution in [3.05, 3.63) is 54.6 Å². The van der Waals surface area contributed by atoms with E-state index in [0.717, 1.165) is 6.42 Å². The first-order valence-corrected chi connectivity index (χ1v) is 5.21. The molecular formula is C12H14BN2. The minimum atomic E-state index is 0.515. The van der Waals surface area contributed by atoms with Crippen LogP contribution in [0, 0.1) is 0 Å². The standard InChI is InChI=1S/C12H14BN2/c1-11(13-15-8-7-14-10-15)9-12-5-3-2-4-6-12/h2-8,10-11H,9H2,1H3/t11-/m0/s1. The fourth-order valence-electron chi connectivity index (χ4n) is 1.69. The van der Waals surface area contributed by atoms with Crippen molar-refractivity contribution in [3.8, 4) is 0 Å². The Morgan fingerprint density at radius 3 is 2.80 bits per heavy atom. The van der Waals surface area contributed by atoms with Gasteiger partial charge in [-0.2, -0.15) is 0 Å². The number of nitrogens with zero attached hydrogens (tertiary/aromatic N) is 2. The van der Waals surface area contributed by atoms with E-state index in [1.54, 1.807) is 6.20 Å². The van der Waals surface area contributed by atoms with E-state index in [0.29, 0.717) is 5.82 Å². The molecule has 0 bridgehead atoms. The highest BCUT2D eigenvalue weighted by Gasteiger charge is 2.06. The molecule has 1 aromatic heterocycles. The van der Waals surface area contributed by atoms with Gasteiger partial charge in [0.1, 0.15) is 0 Å². The third-order valence-electron chi connectivity index (χ3n) is 2.35. The molecule has 0 fully saturated rings. The number of benzene rings is 1. The lowest BCUT2D eigenvalue weighted by atomic mass is 9.73. The van der Waals surface area contributed by atoms with Crippen molar-refractivity contribution in [2.24, 2.45) is 0 Å². The lowest BCUT2D eigenvalue weighted by Crippen LogP contribution is -2.11. The normalized spacial score (nSPS) is 12.3. The summed E-state index contributed by atoms with van der Waals surface area (Å²) in [4.78, 5) is 4.01. The molecule has 2 aromatic rings. The van der Waals surface area contributed by atoms with E-state index in [1.165, 1.54) is 5.56 Å². The molecule has 0 aliphatic rings. The average molecular weight is 197 g/mol. The molecule has 0 saturated carbocycles. The van der Waals surface area contributed by atoms with Crippen LogP contribution in [0.25, 0.3) is 0 Å². The molecule has 2 nitrogen and oxygen atoms in total. The lowest BCUT2D eigenvalue weighted by molar-refractivity contribution is 0.883. The molecule has 3 heteroatoms. The van der Waals surface area contributed by atoms with Crippen molar-refractivity contribution >= 4 is 7.41 Å². The Morgan fingerprint density at radius 1 is 1.33 bits per heavy atom. The number of hydrogen-bond donors (Lipinski definition) is 0. The van der Waals surface area contributed by atoms with Crippen LogP contribution in [-0.4, -0.2) is 16.9 Å². The van der Waals surface area contributed by atoms with E-state index in [4.69, 9.17) is 0 Å². The lowest BCUT2D eigenvalue weighted by Gasteiger charge is -2.09. The van der Waals surface area contributed by atoms with Crippen molar-refractivity contribution in [2.45, 2.75) is 19.2 Å². The molecule has 1 heterocycles. The third-order valence-corrected chi connectivity index (χ3v) is 2.35. The first-order chi connectivity index (χ1) is 7.34. The van der Waals surface area contributed by atoms with Crippen molar-refractivity contribution < 1.29 is 0 Å². The van der Waals surface area contributed by atoms with Gasteiger partial charge in [0.15, 0.2) is 0 Å². The zero-order chi connectivity index (χ0) is 10.5. The Kier molecular flexibility index (Phi) is 3.23. The van der Waals surface area contributed by atoms with Crippen LogP contribution < -0.4 is 0 Å². The SMILES string of the molecule is C[C@H]([B]n1ccnc1)Cc1ccccc1. The Hall–Kier alpha value is -1.51. The quantitative estimate of drug-likeness (QED) is 0.688. The average Bonchev–Trinajstić information content (AvgIpc) is 2.71. The Bertz CT molecular complexity index is 383. The predicted molar refractivity (Wildman–Crippen MR) is 62.9 cm³/mol. The summed E-state index contributed by atoms with van der Waals surface area (Å²) < 4.78 is 2.01. The molecule has 0 amide bonds. The maximum atomic E-state index is 4.01. The number of aromatic nitrogens is 2. The highest BCUT2D eigenvalue weighted by atomic mass is 14.9. The minimum absolute atomic E-state index is 0.515. The summed E-state index contributed by atoms with van der Waals surface area (Å²) in [5.74, 6) is 0.515. The molecule has 0 aliphatic heterocycles. The third kappa shape index (κ3) is 2.98. The van der Waals surface area contributed by atoms with Crippen molar-refractivity contribution in [1.29, 1.82) is 0 Å². The van der Waals surface area contributed by atoms with Crippen LogP contribution in [0.4, 0.5) is 0 Å². The van der Waals surface area contributed by atoms with E-state index in [1.807, 2.05) is 23.1 Å². The molecule has 0 unspecified atom stereocenters. The van der Waals surface area contributed by atoms with Gasteiger partial charge in [-0.3, -0.25) is 0 Å². The minimum Gasteiger partial charge on any atom is -0.386 e. The summed E-state index contributed by atoms with van der Waals surface area (Å²) in [5.41, 5.74) is 1.38. The Balaban J connectivity index is 1.90. The summed E-state index contributed by atoms with van der Waals surface area (Å²) in [6.07, 6.45) is 6.65. The van der Waals surface area contributed by atoms with E-state index < -0.39 is 0 Å². The van der Waals surface area contributed by atoms with Crippen LogP contribution in [0.1, 0.15) is 12.5 Å². The molecule has 15 heavy (non-hydrogen) atoms. The number of hydrogen-bond acceptors (Lipinski definition) is 1. The first kappa shape index (κ1) is 10.0. The van der Waals surface area contributed by atoms with E-state index in [-0.39, 0.29) is 0 Å². The van der Waals surface area contributed by atoms with Gasteiger partial charge < -0.3 is 4.48 Å². The Morgan fingerprint density at radius 2 is 2.13 bits per heavy atom. The van der Waals surface area contributed by atoms with Gasteiger partial charge in [0.25, 0.3) is 7.41 Å². The van der Waals surface area contributed by atoms with Gasteiger partial charge in [-0.15, -0.1) is 0 Å². The van der Waals surface area contributed by atoms with Gasteiger partial charge in [0.2, 0.25) is 0 Å². The second kappa shape index (κ2) is 4.83. The molecule has 0 aliphatic carbocycles. The van der Waals surface area contributed by atoms with Crippen molar-refractivity contribution in [3.63, 3.8) is 0 Å². The van der Waals surface area contributed by atoms with Crippen LogP contribution in [0.5, 0.6) is 0 Å². The Labute approximate surface area is 91.2 Å².